The second kappa shape index (κ2) is 8.91. The molecular weight excluding hydrogens is 390 g/mol. The van der Waals surface area contributed by atoms with Gasteiger partial charge in [-0.05, 0) is 43.8 Å². The number of hydrogen-bond donors (Lipinski definition) is 1. The lowest BCUT2D eigenvalue weighted by Crippen LogP contribution is -2.32. The molecule has 1 amide bonds. The first-order chi connectivity index (χ1) is 13.9. The van der Waals surface area contributed by atoms with Gasteiger partial charge >= 0.3 is 5.97 Å². The topological polar surface area (TPSA) is 82.3 Å². The van der Waals surface area contributed by atoms with Gasteiger partial charge < -0.3 is 10.1 Å². The minimum atomic E-state index is -1.00. The molecule has 0 bridgehead atoms. The molecule has 1 aromatic carbocycles. The number of nitrogens with one attached hydrogen (secondary N) is 1. The maximum Gasteiger partial charge on any atom is 0.306 e. The van der Waals surface area contributed by atoms with Crippen molar-refractivity contribution in [2.75, 3.05) is 5.32 Å². The van der Waals surface area contributed by atoms with Crippen LogP contribution in [0.15, 0.2) is 52.6 Å². The van der Waals surface area contributed by atoms with E-state index in [0.717, 1.165) is 4.88 Å². The quantitative estimate of drug-likeness (QED) is 0.604. The molecule has 2 aromatic heterocycles. The first-order valence-corrected chi connectivity index (χ1v) is 10.1. The molecular formula is C21H23N3O4S. The molecule has 3 aromatic rings. The number of carbonyl (C=O) groups is 2. The number of nitrogens with zero attached hydrogens (tertiary/aromatic N) is 2. The number of anilines is 1. The number of amides is 1. The van der Waals surface area contributed by atoms with Gasteiger partial charge in [-0.15, -0.1) is 11.3 Å². The van der Waals surface area contributed by atoms with E-state index in [1.807, 2.05) is 47.8 Å². The minimum Gasteiger partial charge on any atom is -0.453 e. The van der Waals surface area contributed by atoms with Crippen molar-refractivity contribution < 1.29 is 14.3 Å². The normalized spacial score (nSPS) is 11.8. The summed E-state index contributed by atoms with van der Waals surface area (Å²) in [5.41, 5.74) is 1.11. The first-order valence-electron chi connectivity index (χ1n) is 9.25. The van der Waals surface area contributed by atoms with Gasteiger partial charge in [0.05, 0.1) is 17.8 Å². The Hall–Kier alpha value is -3.13. The number of para-hydroxylation sites is 1. The van der Waals surface area contributed by atoms with E-state index in [4.69, 9.17) is 4.74 Å². The van der Waals surface area contributed by atoms with Gasteiger partial charge in [-0.25, -0.2) is 4.68 Å². The van der Waals surface area contributed by atoms with Crippen LogP contribution in [0, 0.1) is 6.92 Å². The largest absolute Gasteiger partial charge is 0.453 e. The van der Waals surface area contributed by atoms with E-state index < -0.39 is 18.0 Å². The highest BCUT2D eigenvalue weighted by Gasteiger charge is 2.23. The molecule has 8 heteroatoms. The third-order valence-corrected chi connectivity index (χ3v) is 5.57. The Labute approximate surface area is 172 Å². The Bertz CT molecular complexity index is 1050. The SMILES string of the molecule is Cc1c(NC(=O)C(C)OC(=O)CCc2cccs2)c(=O)n(-c2ccccc2)n1C. The van der Waals surface area contributed by atoms with Crippen LogP contribution in [-0.4, -0.2) is 27.3 Å². The van der Waals surface area contributed by atoms with Gasteiger partial charge in [0.2, 0.25) is 0 Å². The highest BCUT2D eigenvalue weighted by atomic mass is 32.1. The van der Waals surface area contributed by atoms with Crippen LogP contribution in [0.25, 0.3) is 5.69 Å². The maximum absolute atomic E-state index is 12.8. The van der Waals surface area contributed by atoms with Crippen molar-refractivity contribution in [3.63, 3.8) is 0 Å². The molecule has 0 radical (unpaired) electrons. The second-order valence-corrected chi connectivity index (χ2v) is 7.67. The molecule has 0 aliphatic carbocycles. The van der Waals surface area contributed by atoms with Crippen LogP contribution in [0.2, 0.25) is 0 Å². The third-order valence-electron chi connectivity index (χ3n) is 4.64. The lowest BCUT2D eigenvalue weighted by atomic mass is 10.2. The molecule has 7 nitrogen and oxygen atoms in total. The van der Waals surface area contributed by atoms with Gasteiger partial charge in [0.25, 0.3) is 11.5 Å². The molecule has 1 unspecified atom stereocenters. The Balaban J connectivity index is 1.67. The van der Waals surface area contributed by atoms with E-state index in [2.05, 4.69) is 5.32 Å². The fourth-order valence-corrected chi connectivity index (χ4v) is 3.64. The van der Waals surface area contributed by atoms with Crippen molar-refractivity contribution in [3.05, 3.63) is 68.8 Å². The summed E-state index contributed by atoms with van der Waals surface area (Å²) in [5.74, 6) is -0.993. The average molecular weight is 413 g/mol. The number of aryl methyl sites for hydroxylation is 1. The molecule has 2 heterocycles. The number of hydrogen-bond acceptors (Lipinski definition) is 5. The van der Waals surface area contributed by atoms with Crippen molar-refractivity contribution >= 4 is 28.9 Å². The lowest BCUT2D eigenvalue weighted by Gasteiger charge is -2.12. The van der Waals surface area contributed by atoms with Gasteiger partial charge in [-0.1, -0.05) is 24.3 Å². The van der Waals surface area contributed by atoms with E-state index in [-0.39, 0.29) is 17.7 Å². The maximum atomic E-state index is 12.8. The highest BCUT2D eigenvalue weighted by Crippen LogP contribution is 2.15. The number of thiophene rings is 1. The molecule has 0 saturated carbocycles. The van der Waals surface area contributed by atoms with Crippen LogP contribution < -0.4 is 10.9 Å². The zero-order chi connectivity index (χ0) is 21.0. The first kappa shape index (κ1) is 20.6. The summed E-state index contributed by atoms with van der Waals surface area (Å²) in [6.07, 6.45) is -0.233. The molecule has 152 valence electrons. The van der Waals surface area contributed by atoms with Crippen molar-refractivity contribution in [3.8, 4) is 5.69 Å². The second-order valence-electron chi connectivity index (χ2n) is 6.64. The highest BCUT2D eigenvalue weighted by molar-refractivity contribution is 7.09. The molecule has 0 saturated heterocycles. The van der Waals surface area contributed by atoms with Gasteiger partial charge in [0.1, 0.15) is 5.69 Å². The van der Waals surface area contributed by atoms with Crippen LogP contribution in [-0.2, 0) is 27.8 Å². The standard InChI is InChI=1S/C21H23N3O4S/c1-14-19(21(27)24(23(14)3)16-8-5-4-6-9-16)22-20(26)15(2)28-18(25)12-11-17-10-7-13-29-17/h4-10,13,15H,11-12H2,1-3H3,(H,22,26). The van der Waals surface area contributed by atoms with E-state index in [0.29, 0.717) is 17.8 Å². The zero-order valence-electron chi connectivity index (χ0n) is 16.5. The molecule has 0 aliphatic rings. The van der Waals surface area contributed by atoms with Crippen LogP contribution in [0.4, 0.5) is 5.69 Å². The molecule has 0 spiro atoms. The van der Waals surface area contributed by atoms with E-state index in [9.17, 15) is 14.4 Å². The van der Waals surface area contributed by atoms with Gasteiger partial charge in [0, 0.05) is 11.9 Å². The molecule has 0 aliphatic heterocycles. The predicted molar refractivity (Wildman–Crippen MR) is 113 cm³/mol. The number of aromatic nitrogens is 2. The number of benzene rings is 1. The smallest absolute Gasteiger partial charge is 0.306 e. The van der Waals surface area contributed by atoms with Gasteiger partial charge in [0.15, 0.2) is 6.10 Å². The van der Waals surface area contributed by atoms with E-state index >= 15 is 0 Å². The Morgan fingerprint density at radius 1 is 1.17 bits per heavy atom. The zero-order valence-corrected chi connectivity index (χ0v) is 17.4. The Morgan fingerprint density at radius 2 is 1.90 bits per heavy atom. The fourth-order valence-electron chi connectivity index (χ4n) is 2.93. The minimum absolute atomic E-state index is 0.169. The predicted octanol–water partition coefficient (Wildman–Crippen LogP) is 3.05. The van der Waals surface area contributed by atoms with Crippen LogP contribution in [0.5, 0.6) is 0 Å². The van der Waals surface area contributed by atoms with Crippen LogP contribution in [0.3, 0.4) is 0 Å². The van der Waals surface area contributed by atoms with E-state index in [1.54, 1.807) is 30.0 Å². The van der Waals surface area contributed by atoms with Crippen molar-refractivity contribution in [2.24, 2.45) is 7.05 Å². The molecule has 3 rings (SSSR count). The van der Waals surface area contributed by atoms with Gasteiger partial charge in [-0.3, -0.25) is 19.1 Å². The molecule has 29 heavy (non-hydrogen) atoms. The Morgan fingerprint density at radius 3 is 2.55 bits per heavy atom. The summed E-state index contributed by atoms with van der Waals surface area (Å²) in [4.78, 5) is 38.4. The monoisotopic (exact) mass is 413 g/mol. The van der Waals surface area contributed by atoms with E-state index in [1.165, 1.54) is 11.6 Å². The average Bonchev–Trinajstić information content (AvgIpc) is 3.30. The number of ether oxygens (including phenoxy) is 1. The number of rotatable bonds is 7. The van der Waals surface area contributed by atoms with Crippen molar-refractivity contribution in [1.82, 2.24) is 9.36 Å². The molecule has 1 atom stereocenters. The summed E-state index contributed by atoms with van der Waals surface area (Å²) in [6, 6.07) is 13.0. The van der Waals surface area contributed by atoms with Crippen LogP contribution in [0.1, 0.15) is 23.9 Å². The summed E-state index contributed by atoms with van der Waals surface area (Å²) in [5, 5.41) is 4.56. The summed E-state index contributed by atoms with van der Waals surface area (Å²) >= 11 is 1.57. The number of esters is 1. The summed E-state index contributed by atoms with van der Waals surface area (Å²) in [6.45, 7) is 3.24. The summed E-state index contributed by atoms with van der Waals surface area (Å²) in [7, 11) is 1.74. The van der Waals surface area contributed by atoms with Crippen molar-refractivity contribution in [2.45, 2.75) is 32.8 Å². The fraction of sp³-hybridized carbons (Fsp3) is 0.286. The Kier molecular flexibility index (Phi) is 6.33. The summed E-state index contributed by atoms with van der Waals surface area (Å²) < 4.78 is 8.37. The molecule has 0 fully saturated rings. The number of carbonyl (C=O) groups excluding carboxylic acids is 2. The van der Waals surface area contributed by atoms with Crippen LogP contribution >= 0.6 is 11.3 Å². The molecule has 1 N–H and O–H groups in total. The van der Waals surface area contributed by atoms with Gasteiger partial charge in [-0.2, -0.15) is 0 Å². The third kappa shape index (κ3) is 4.65. The van der Waals surface area contributed by atoms with Crippen molar-refractivity contribution in [1.29, 1.82) is 0 Å². The lowest BCUT2D eigenvalue weighted by molar-refractivity contribution is -0.153.